The molecule has 16 heteroatoms. The van der Waals surface area contributed by atoms with Crippen LogP contribution in [0.3, 0.4) is 0 Å². The zero-order valence-electron chi connectivity index (χ0n) is 20.8. The van der Waals surface area contributed by atoms with Crippen LogP contribution in [-0.4, -0.2) is 78.0 Å². The first-order valence-electron chi connectivity index (χ1n) is 11.4. The minimum Gasteiger partial charge on any atom is -0.475 e. The van der Waals surface area contributed by atoms with Gasteiger partial charge in [0.2, 0.25) is 0 Å². The molecule has 1 saturated heterocycles. The van der Waals surface area contributed by atoms with Crippen LogP contribution < -0.4 is 5.32 Å². The number of carbonyl (C=O) groups is 2. The molecule has 4 rings (SSSR count). The number of aliphatic carboxylic acids is 2. The third-order valence-electron chi connectivity index (χ3n) is 5.46. The van der Waals surface area contributed by atoms with Crippen molar-refractivity contribution in [2.24, 2.45) is 0 Å². The smallest absolute Gasteiger partial charge is 0.475 e. The number of nitrogens with one attached hydrogen (secondary N) is 1. The first-order valence-corrected chi connectivity index (χ1v) is 12.8. The Bertz CT molecular complexity index is 1390. The summed E-state index contributed by atoms with van der Waals surface area (Å²) in [6.45, 7) is 6.85. The minimum atomic E-state index is -5.08. The number of benzene rings is 2. The Morgan fingerprint density at radius 2 is 1.38 bits per heavy atom. The van der Waals surface area contributed by atoms with Gasteiger partial charge in [-0.2, -0.15) is 26.3 Å². The third kappa shape index (κ3) is 8.69. The topological polar surface area (TPSA) is 129 Å². The average Bonchev–Trinajstić information content (AvgIpc) is 3.23. The summed E-state index contributed by atoms with van der Waals surface area (Å²) in [7, 11) is -3.60. The Hall–Kier alpha value is -3.63. The van der Waals surface area contributed by atoms with Gasteiger partial charge in [-0.1, -0.05) is 30.3 Å². The summed E-state index contributed by atoms with van der Waals surface area (Å²) in [6.07, 6.45) is -8.42. The first-order chi connectivity index (χ1) is 18.5. The molecule has 0 unspecified atom stereocenters. The van der Waals surface area contributed by atoms with E-state index in [1.165, 1.54) is 9.54 Å². The van der Waals surface area contributed by atoms with E-state index >= 15 is 0 Å². The lowest BCUT2D eigenvalue weighted by molar-refractivity contribution is -0.193. The summed E-state index contributed by atoms with van der Waals surface area (Å²) in [5.74, 6) is -5.51. The summed E-state index contributed by atoms with van der Waals surface area (Å²) < 4.78 is 91.1. The van der Waals surface area contributed by atoms with E-state index in [2.05, 4.69) is 16.3 Å². The third-order valence-corrected chi connectivity index (χ3v) is 7.15. The number of carboxylic acid groups (broad SMARTS) is 2. The van der Waals surface area contributed by atoms with Gasteiger partial charge in [0.05, 0.1) is 10.4 Å². The predicted octanol–water partition coefficient (Wildman–Crippen LogP) is 3.86. The molecule has 9 nitrogen and oxygen atoms in total. The van der Waals surface area contributed by atoms with Crippen molar-refractivity contribution >= 4 is 32.9 Å². The molecular formula is C24H25F6N3O6S. The fourth-order valence-corrected chi connectivity index (χ4v) is 5.12. The van der Waals surface area contributed by atoms with Crippen LogP contribution in [0.4, 0.5) is 26.3 Å². The Morgan fingerprint density at radius 1 is 0.875 bits per heavy atom. The molecule has 0 atom stereocenters. The van der Waals surface area contributed by atoms with Gasteiger partial charge in [-0.15, -0.1) is 0 Å². The molecule has 1 fully saturated rings. The monoisotopic (exact) mass is 597 g/mol. The second-order valence-electron chi connectivity index (χ2n) is 8.37. The fraction of sp³-hybridized carbons (Fsp3) is 0.333. The van der Waals surface area contributed by atoms with E-state index in [0.29, 0.717) is 4.90 Å². The van der Waals surface area contributed by atoms with Crippen LogP contribution in [0.15, 0.2) is 59.6 Å². The Labute approximate surface area is 224 Å². The Morgan fingerprint density at radius 3 is 1.85 bits per heavy atom. The van der Waals surface area contributed by atoms with Gasteiger partial charge >= 0.3 is 24.3 Å². The molecule has 220 valence electrons. The molecule has 0 aliphatic carbocycles. The van der Waals surface area contributed by atoms with Gasteiger partial charge in [-0.3, -0.25) is 4.90 Å². The lowest BCUT2D eigenvalue weighted by atomic mass is 10.1. The molecule has 40 heavy (non-hydrogen) atoms. The number of nitrogens with zero attached hydrogens (tertiary/aromatic N) is 2. The van der Waals surface area contributed by atoms with Crippen molar-refractivity contribution in [2.45, 2.75) is 30.7 Å². The average molecular weight is 598 g/mol. The number of hydrogen-bond acceptors (Lipinski definition) is 6. The number of carboxylic acids is 2. The van der Waals surface area contributed by atoms with Gasteiger partial charge in [0.1, 0.15) is 0 Å². The van der Waals surface area contributed by atoms with E-state index < -0.39 is 34.3 Å². The maximum atomic E-state index is 13.1. The standard InChI is InChI=1S/C20H23N3O2S.2C2HF3O2/c1-16-14-23(26(24,25)18-7-3-2-4-8-18)19-9-5-6-17(20(16)19)15-22-12-10-21-11-13-22;2*3-2(4,5)1(6)7/h2-9,14,21H,10-13,15H2,1H3;2*(H,6,7). The van der Waals surface area contributed by atoms with E-state index in [0.717, 1.165) is 49.2 Å². The number of rotatable bonds is 4. The summed E-state index contributed by atoms with van der Waals surface area (Å²) in [4.78, 5) is 20.5. The van der Waals surface area contributed by atoms with E-state index in [-0.39, 0.29) is 0 Å². The van der Waals surface area contributed by atoms with Crippen LogP contribution in [0.1, 0.15) is 11.1 Å². The van der Waals surface area contributed by atoms with Crippen molar-refractivity contribution in [3.63, 3.8) is 0 Å². The Balaban J connectivity index is 0.000000333. The van der Waals surface area contributed by atoms with Gasteiger partial charge in [-0.05, 0) is 36.2 Å². The summed E-state index contributed by atoms with van der Waals surface area (Å²) in [5, 5.41) is 18.7. The normalized spacial score (nSPS) is 14.5. The Kier molecular flexibility index (Phi) is 10.7. The molecule has 0 bridgehead atoms. The summed E-state index contributed by atoms with van der Waals surface area (Å²) in [5.41, 5.74) is 2.92. The zero-order valence-corrected chi connectivity index (χ0v) is 21.6. The molecular weight excluding hydrogens is 572 g/mol. The molecule has 3 N–H and O–H groups in total. The molecule has 0 radical (unpaired) electrons. The quantitative estimate of drug-likeness (QED) is 0.387. The first kappa shape index (κ1) is 32.6. The highest BCUT2D eigenvalue weighted by Crippen LogP contribution is 2.29. The molecule has 0 amide bonds. The SMILES string of the molecule is Cc1cn(S(=O)(=O)c2ccccc2)c2cccc(CN3CCNCC3)c12.O=C(O)C(F)(F)F.O=C(O)C(F)(F)F. The van der Waals surface area contributed by atoms with Crippen LogP contribution in [0.25, 0.3) is 10.9 Å². The van der Waals surface area contributed by atoms with E-state index in [1.807, 2.05) is 25.1 Å². The van der Waals surface area contributed by atoms with Crippen LogP contribution in [0, 0.1) is 6.92 Å². The number of alkyl halides is 6. The molecule has 3 aromatic rings. The minimum absolute atomic E-state index is 0.310. The van der Waals surface area contributed by atoms with Crippen molar-refractivity contribution in [2.75, 3.05) is 26.2 Å². The highest BCUT2D eigenvalue weighted by molar-refractivity contribution is 7.90. The van der Waals surface area contributed by atoms with Crippen molar-refractivity contribution in [3.05, 3.63) is 65.9 Å². The highest BCUT2D eigenvalue weighted by Gasteiger charge is 2.38. The largest absolute Gasteiger partial charge is 0.490 e. The second-order valence-corrected chi connectivity index (χ2v) is 10.2. The highest BCUT2D eigenvalue weighted by atomic mass is 32.2. The van der Waals surface area contributed by atoms with Crippen LogP contribution in [-0.2, 0) is 26.2 Å². The van der Waals surface area contributed by atoms with Gasteiger partial charge in [0.25, 0.3) is 10.0 Å². The number of aryl methyl sites for hydroxylation is 1. The van der Waals surface area contributed by atoms with Crippen LogP contribution >= 0.6 is 0 Å². The molecule has 0 saturated carbocycles. The van der Waals surface area contributed by atoms with E-state index in [9.17, 15) is 34.8 Å². The number of hydrogen-bond donors (Lipinski definition) is 3. The van der Waals surface area contributed by atoms with Crippen molar-refractivity contribution in [1.82, 2.24) is 14.2 Å². The predicted molar refractivity (Wildman–Crippen MR) is 131 cm³/mol. The number of piperazine rings is 1. The number of aromatic nitrogens is 1. The molecule has 2 aromatic carbocycles. The molecule has 0 spiro atoms. The lowest BCUT2D eigenvalue weighted by Gasteiger charge is -2.27. The van der Waals surface area contributed by atoms with Crippen LogP contribution in [0.2, 0.25) is 0 Å². The number of halogens is 6. The lowest BCUT2D eigenvalue weighted by Crippen LogP contribution is -2.42. The maximum Gasteiger partial charge on any atom is 0.490 e. The molecule has 1 aliphatic rings. The maximum absolute atomic E-state index is 13.1. The second kappa shape index (κ2) is 13.1. The molecule has 1 aromatic heterocycles. The van der Waals surface area contributed by atoms with Crippen molar-refractivity contribution in [1.29, 1.82) is 0 Å². The fourth-order valence-electron chi connectivity index (χ4n) is 3.68. The molecule has 2 heterocycles. The van der Waals surface area contributed by atoms with Gasteiger partial charge in [0, 0.05) is 44.3 Å². The van der Waals surface area contributed by atoms with Crippen molar-refractivity contribution < 1.29 is 54.6 Å². The van der Waals surface area contributed by atoms with Gasteiger partial charge in [0.15, 0.2) is 0 Å². The number of fused-ring (bicyclic) bond motifs is 1. The van der Waals surface area contributed by atoms with E-state index in [4.69, 9.17) is 19.8 Å². The summed E-state index contributed by atoms with van der Waals surface area (Å²) >= 11 is 0. The summed E-state index contributed by atoms with van der Waals surface area (Å²) in [6, 6.07) is 14.6. The van der Waals surface area contributed by atoms with E-state index in [1.54, 1.807) is 30.5 Å². The van der Waals surface area contributed by atoms with Gasteiger partial charge in [-0.25, -0.2) is 22.0 Å². The zero-order chi connectivity index (χ0) is 30.3. The van der Waals surface area contributed by atoms with Crippen LogP contribution in [0.5, 0.6) is 0 Å². The van der Waals surface area contributed by atoms with Crippen molar-refractivity contribution in [3.8, 4) is 0 Å². The molecule has 1 aliphatic heterocycles. The van der Waals surface area contributed by atoms with Gasteiger partial charge < -0.3 is 15.5 Å².